The molecule has 142 valence electrons. The van der Waals surface area contributed by atoms with Crippen LogP contribution < -0.4 is 0 Å². The Balaban J connectivity index is 1.36. The van der Waals surface area contributed by atoms with E-state index in [2.05, 4.69) is 40.1 Å². The van der Waals surface area contributed by atoms with Crippen LogP contribution in [-0.4, -0.2) is 41.4 Å². The number of piperidine rings is 1. The number of fused-ring (bicyclic) bond motifs is 4. The Morgan fingerprint density at radius 3 is 2.48 bits per heavy atom. The van der Waals surface area contributed by atoms with Crippen molar-refractivity contribution in [1.82, 2.24) is 9.80 Å². The second-order valence-electron chi connectivity index (χ2n) is 7.95. The highest BCUT2D eigenvalue weighted by atomic mass is 19.1. The van der Waals surface area contributed by atoms with Gasteiger partial charge in [-0.25, -0.2) is 4.39 Å². The molecule has 1 amide bonds. The van der Waals surface area contributed by atoms with Crippen molar-refractivity contribution in [3.05, 3.63) is 71.5 Å². The molecular weight excluding hydrogens is 339 g/mol. The Morgan fingerprint density at radius 1 is 0.926 bits per heavy atom. The maximum Gasteiger partial charge on any atom is 0.223 e. The predicted octanol–water partition coefficient (Wildman–Crippen LogP) is 3.88. The van der Waals surface area contributed by atoms with Crippen molar-refractivity contribution >= 4 is 5.91 Å². The maximum atomic E-state index is 13.0. The van der Waals surface area contributed by atoms with Gasteiger partial charge in [0.15, 0.2) is 0 Å². The molecule has 3 nitrogen and oxygen atoms in total. The third-order valence-corrected chi connectivity index (χ3v) is 5.90. The minimum atomic E-state index is -0.228. The molecule has 4 heteroatoms. The standard InChI is InChI=1S/C23H27FN2O/c24-21-10-6-18(7-11-21)9-13-23(27)26-16-20-8-12-22(26)17-25(15-20)14-19-4-2-1-3-5-19/h1-7,10-11,20,22H,8-9,12-17H2/t20-,22+/m0/s1. The Kier molecular flexibility index (Phi) is 5.53. The van der Waals surface area contributed by atoms with Gasteiger partial charge >= 0.3 is 0 Å². The molecule has 0 radical (unpaired) electrons. The first kappa shape index (κ1) is 18.2. The highest BCUT2D eigenvalue weighted by Crippen LogP contribution is 2.29. The van der Waals surface area contributed by atoms with Gasteiger partial charge in [-0.15, -0.1) is 0 Å². The molecule has 0 saturated carbocycles. The molecule has 3 fully saturated rings. The zero-order chi connectivity index (χ0) is 18.6. The van der Waals surface area contributed by atoms with Crippen LogP contribution in [0.4, 0.5) is 4.39 Å². The fraction of sp³-hybridized carbons (Fsp3) is 0.435. The summed E-state index contributed by atoms with van der Waals surface area (Å²) in [7, 11) is 0. The second-order valence-corrected chi connectivity index (χ2v) is 7.95. The number of benzene rings is 2. The van der Waals surface area contributed by atoms with Crippen molar-refractivity contribution in [3.8, 4) is 0 Å². The second kappa shape index (κ2) is 8.22. The van der Waals surface area contributed by atoms with E-state index in [0.29, 0.717) is 24.8 Å². The molecule has 0 N–H and O–H groups in total. The average Bonchev–Trinajstić information content (AvgIpc) is 2.99. The first-order chi connectivity index (χ1) is 13.2. The summed E-state index contributed by atoms with van der Waals surface area (Å²) in [6, 6.07) is 17.4. The van der Waals surface area contributed by atoms with Crippen LogP contribution in [0.1, 0.15) is 30.4 Å². The van der Waals surface area contributed by atoms with Gasteiger partial charge in [0.05, 0.1) is 0 Å². The van der Waals surface area contributed by atoms with Crippen molar-refractivity contribution in [3.63, 3.8) is 0 Å². The lowest BCUT2D eigenvalue weighted by Crippen LogP contribution is -2.47. The van der Waals surface area contributed by atoms with Crippen molar-refractivity contribution in [1.29, 1.82) is 0 Å². The largest absolute Gasteiger partial charge is 0.338 e. The molecule has 5 rings (SSSR count). The van der Waals surface area contributed by atoms with Gasteiger partial charge in [-0.05, 0) is 48.4 Å². The molecule has 3 aliphatic rings. The summed E-state index contributed by atoms with van der Waals surface area (Å²) in [4.78, 5) is 17.5. The van der Waals surface area contributed by atoms with Crippen molar-refractivity contribution in [2.24, 2.45) is 5.92 Å². The highest BCUT2D eigenvalue weighted by Gasteiger charge is 2.36. The maximum absolute atomic E-state index is 13.0. The molecule has 0 aromatic heterocycles. The number of halogens is 1. The molecular formula is C23H27FN2O. The van der Waals surface area contributed by atoms with E-state index in [1.165, 1.54) is 24.1 Å². The van der Waals surface area contributed by atoms with Crippen LogP contribution in [0.2, 0.25) is 0 Å². The van der Waals surface area contributed by atoms with E-state index in [1.54, 1.807) is 12.1 Å². The fourth-order valence-corrected chi connectivity index (χ4v) is 4.50. The van der Waals surface area contributed by atoms with E-state index in [-0.39, 0.29) is 11.7 Å². The number of amides is 1. The van der Waals surface area contributed by atoms with Gasteiger partial charge in [-0.3, -0.25) is 9.69 Å². The fourth-order valence-electron chi connectivity index (χ4n) is 4.50. The minimum Gasteiger partial charge on any atom is -0.338 e. The molecule has 0 spiro atoms. The van der Waals surface area contributed by atoms with Crippen molar-refractivity contribution < 1.29 is 9.18 Å². The zero-order valence-electron chi connectivity index (χ0n) is 15.7. The highest BCUT2D eigenvalue weighted by molar-refractivity contribution is 5.77. The van der Waals surface area contributed by atoms with Crippen LogP contribution in [0.25, 0.3) is 0 Å². The SMILES string of the molecule is O=C(CCc1ccc(F)cc1)N1C[C@H]2CC[C@@H]1CN(Cc1ccccc1)C2. The summed E-state index contributed by atoms with van der Waals surface area (Å²) in [6.07, 6.45) is 3.52. The third kappa shape index (κ3) is 4.56. The summed E-state index contributed by atoms with van der Waals surface area (Å²) in [5.41, 5.74) is 2.36. The molecule has 0 aliphatic carbocycles. The lowest BCUT2D eigenvalue weighted by Gasteiger charge is -2.36. The number of rotatable bonds is 5. The summed E-state index contributed by atoms with van der Waals surface area (Å²) in [5.74, 6) is 0.589. The van der Waals surface area contributed by atoms with Crippen molar-refractivity contribution in [2.45, 2.75) is 38.3 Å². The van der Waals surface area contributed by atoms with Crippen LogP contribution in [-0.2, 0) is 17.8 Å². The Hall–Kier alpha value is -2.20. The van der Waals surface area contributed by atoms with Crippen molar-refractivity contribution in [2.75, 3.05) is 19.6 Å². The van der Waals surface area contributed by atoms with E-state index in [4.69, 9.17) is 0 Å². The number of hydrogen-bond acceptors (Lipinski definition) is 2. The number of aryl methyl sites for hydroxylation is 1. The molecule has 2 atom stereocenters. The van der Waals surface area contributed by atoms with E-state index >= 15 is 0 Å². The molecule has 2 aromatic carbocycles. The number of carbonyl (C=O) groups excluding carboxylic acids is 1. The Bertz CT molecular complexity index is 762. The zero-order valence-corrected chi connectivity index (χ0v) is 15.7. The quantitative estimate of drug-likeness (QED) is 0.802. The molecule has 3 aliphatic heterocycles. The van der Waals surface area contributed by atoms with Gasteiger partial charge in [0, 0.05) is 38.6 Å². The lowest BCUT2D eigenvalue weighted by molar-refractivity contribution is -0.135. The van der Waals surface area contributed by atoms with E-state index in [1.807, 2.05) is 0 Å². The number of hydrogen-bond donors (Lipinski definition) is 0. The Morgan fingerprint density at radius 2 is 1.70 bits per heavy atom. The summed E-state index contributed by atoms with van der Waals surface area (Å²) >= 11 is 0. The smallest absolute Gasteiger partial charge is 0.223 e. The van der Waals surface area contributed by atoms with Crippen LogP contribution in [0, 0.1) is 11.7 Å². The molecule has 27 heavy (non-hydrogen) atoms. The van der Waals surface area contributed by atoms with Crippen LogP contribution in [0.3, 0.4) is 0 Å². The molecule has 2 bridgehead atoms. The predicted molar refractivity (Wildman–Crippen MR) is 105 cm³/mol. The van der Waals surface area contributed by atoms with Gasteiger partial charge in [0.2, 0.25) is 5.91 Å². The third-order valence-electron chi connectivity index (χ3n) is 5.90. The molecule has 3 heterocycles. The summed E-state index contributed by atoms with van der Waals surface area (Å²) < 4.78 is 13.0. The first-order valence-corrected chi connectivity index (χ1v) is 9.97. The van der Waals surface area contributed by atoms with Crippen LogP contribution >= 0.6 is 0 Å². The minimum absolute atomic E-state index is 0.228. The molecule has 0 unspecified atom stereocenters. The monoisotopic (exact) mass is 366 g/mol. The van der Waals surface area contributed by atoms with Crippen LogP contribution in [0.5, 0.6) is 0 Å². The average molecular weight is 366 g/mol. The first-order valence-electron chi connectivity index (χ1n) is 9.97. The number of carbonyl (C=O) groups is 1. The van der Waals surface area contributed by atoms with Gasteiger partial charge in [0.25, 0.3) is 0 Å². The van der Waals surface area contributed by atoms with Gasteiger partial charge < -0.3 is 4.90 Å². The van der Waals surface area contributed by atoms with Crippen LogP contribution in [0.15, 0.2) is 54.6 Å². The molecule has 3 saturated heterocycles. The lowest BCUT2D eigenvalue weighted by atomic mass is 9.94. The Labute approximate surface area is 160 Å². The van der Waals surface area contributed by atoms with Gasteiger partial charge in [0.1, 0.15) is 5.82 Å². The topological polar surface area (TPSA) is 23.6 Å². The van der Waals surface area contributed by atoms with Gasteiger partial charge in [-0.2, -0.15) is 0 Å². The molecule has 2 aromatic rings. The van der Waals surface area contributed by atoms with E-state index < -0.39 is 0 Å². The van der Waals surface area contributed by atoms with E-state index in [0.717, 1.165) is 38.2 Å². The summed E-state index contributed by atoms with van der Waals surface area (Å²) in [5, 5.41) is 0. The normalized spacial score (nSPS) is 22.6. The number of nitrogens with zero attached hydrogens (tertiary/aromatic N) is 2. The van der Waals surface area contributed by atoms with Gasteiger partial charge in [-0.1, -0.05) is 42.5 Å². The van der Waals surface area contributed by atoms with E-state index in [9.17, 15) is 9.18 Å². The summed E-state index contributed by atoms with van der Waals surface area (Å²) in [6.45, 7) is 3.89.